The molecule has 1 aromatic heterocycles. The van der Waals surface area contributed by atoms with Crippen LogP contribution in [0.5, 0.6) is 5.75 Å². The summed E-state index contributed by atoms with van der Waals surface area (Å²) in [5.74, 6) is 1.92. The summed E-state index contributed by atoms with van der Waals surface area (Å²) in [5.41, 5.74) is 1.26. The number of hydrogen-bond acceptors (Lipinski definition) is 3. The lowest BCUT2D eigenvalue weighted by molar-refractivity contribution is 0.312. The quantitative estimate of drug-likeness (QED) is 0.770. The highest BCUT2D eigenvalue weighted by Crippen LogP contribution is 2.18. The van der Waals surface area contributed by atoms with Gasteiger partial charge in [-0.25, -0.2) is 4.98 Å². The number of para-hydroxylation sites is 1. The first-order valence-electron chi connectivity index (χ1n) is 6.75. The zero-order valence-corrected chi connectivity index (χ0v) is 11.3. The van der Waals surface area contributed by atoms with Crippen molar-refractivity contribution in [1.82, 2.24) is 4.98 Å². The molecule has 0 aliphatic heterocycles. The van der Waals surface area contributed by atoms with Crippen LogP contribution in [0.1, 0.15) is 18.9 Å². The van der Waals surface area contributed by atoms with E-state index in [-0.39, 0.29) is 0 Å². The molecule has 0 saturated heterocycles. The Morgan fingerprint density at radius 2 is 1.95 bits per heavy atom. The van der Waals surface area contributed by atoms with Crippen molar-refractivity contribution in [3.63, 3.8) is 0 Å². The summed E-state index contributed by atoms with van der Waals surface area (Å²) in [4.78, 5) is 4.21. The van der Waals surface area contributed by atoms with Gasteiger partial charge in [-0.15, -0.1) is 0 Å². The molecule has 1 heterocycles. The van der Waals surface area contributed by atoms with Crippen LogP contribution in [0, 0.1) is 0 Å². The van der Waals surface area contributed by atoms with E-state index in [2.05, 4.69) is 23.3 Å². The maximum Gasteiger partial charge on any atom is 0.125 e. The van der Waals surface area contributed by atoms with Crippen molar-refractivity contribution < 1.29 is 4.74 Å². The molecule has 0 saturated carbocycles. The Hall–Kier alpha value is -2.03. The monoisotopic (exact) mass is 256 g/mol. The minimum Gasteiger partial charge on any atom is -0.493 e. The number of benzene rings is 1. The van der Waals surface area contributed by atoms with E-state index >= 15 is 0 Å². The molecule has 0 radical (unpaired) electrons. The van der Waals surface area contributed by atoms with Crippen molar-refractivity contribution in [2.45, 2.75) is 19.8 Å². The van der Waals surface area contributed by atoms with Crippen molar-refractivity contribution >= 4 is 5.82 Å². The molecule has 2 aromatic rings. The van der Waals surface area contributed by atoms with Gasteiger partial charge in [0, 0.05) is 12.7 Å². The second-order valence-corrected chi connectivity index (χ2v) is 4.31. The van der Waals surface area contributed by atoms with Crippen LogP contribution in [-0.4, -0.2) is 18.1 Å². The molecule has 0 aliphatic rings. The lowest BCUT2D eigenvalue weighted by Crippen LogP contribution is -2.08. The van der Waals surface area contributed by atoms with Crippen molar-refractivity contribution in [3.8, 4) is 5.75 Å². The van der Waals surface area contributed by atoms with Crippen LogP contribution < -0.4 is 10.1 Å². The van der Waals surface area contributed by atoms with E-state index in [9.17, 15) is 0 Å². The summed E-state index contributed by atoms with van der Waals surface area (Å²) in [6, 6.07) is 14.1. The van der Waals surface area contributed by atoms with Gasteiger partial charge < -0.3 is 10.1 Å². The van der Waals surface area contributed by atoms with E-state index in [1.807, 2.05) is 36.4 Å². The summed E-state index contributed by atoms with van der Waals surface area (Å²) in [6.07, 6.45) is 3.74. The number of aryl methyl sites for hydroxylation is 1. The third kappa shape index (κ3) is 4.28. The van der Waals surface area contributed by atoms with E-state index in [0.29, 0.717) is 0 Å². The van der Waals surface area contributed by atoms with Crippen molar-refractivity contribution in [2.75, 3.05) is 18.5 Å². The van der Waals surface area contributed by atoms with Gasteiger partial charge in [-0.3, -0.25) is 0 Å². The molecule has 0 bridgehead atoms. The largest absolute Gasteiger partial charge is 0.493 e. The van der Waals surface area contributed by atoms with Crippen molar-refractivity contribution in [3.05, 3.63) is 54.2 Å². The van der Waals surface area contributed by atoms with Crippen molar-refractivity contribution in [2.24, 2.45) is 0 Å². The van der Waals surface area contributed by atoms with Gasteiger partial charge in [-0.05, 0) is 36.6 Å². The highest BCUT2D eigenvalue weighted by atomic mass is 16.5. The first kappa shape index (κ1) is 13.4. The van der Waals surface area contributed by atoms with Gasteiger partial charge in [0.05, 0.1) is 6.61 Å². The number of nitrogens with zero attached hydrogens (tertiary/aromatic N) is 1. The van der Waals surface area contributed by atoms with Gasteiger partial charge in [0.25, 0.3) is 0 Å². The molecule has 0 spiro atoms. The number of rotatable bonds is 7. The lowest BCUT2D eigenvalue weighted by Gasteiger charge is -2.10. The normalized spacial score (nSPS) is 10.2. The van der Waals surface area contributed by atoms with Gasteiger partial charge in [-0.1, -0.05) is 31.2 Å². The highest BCUT2D eigenvalue weighted by Gasteiger charge is 2.00. The average Bonchev–Trinajstić information content (AvgIpc) is 2.48. The van der Waals surface area contributed by atoms with E-state index in [1.54, 1.807) is 6.20 Å². The molecule has 0 aliphatic carbocycles. The third-order valence-corrected chi connectivity index (χ3v) is 2.90. The van der Waals surface area contributed by atoms with E-state index in [4.69, 9.17) is 4.74 Å². The van der Waals surface area contributed by atoms with E-state index in [0.717, 1.165) is 37.6 Å². The van der Waals surface area contributed by atoms with Crippen LogP contribution in [0.3, 0.4) is 0 Å². The second kappa shape index (κ2) is 7.41. The Morgan fingerprint density at radius 1 is 1.11 bits per heavy atom. The van der Waals surface area contributed by atoms with Gasteiger partial charge in [-0.2, -0.15) is 0 Å². The molecule has 19 heavy (non-hydrogen) atoms. The summed E-state index contributed by atoms with van der Waals surface area (Å²) in [6.45, 7) is 3.73. The first-order chi connectivity index (χ1) is 9.40. The number of ether oxygens (including phenoxy) is 1. The minimum atomic E-state index is 0.719. The zero-order chi connectivity index (χ0) is 13.3. The lowest BCUT2D eigenvalue weighted by atomic mass is 10.1. The zero-order valence-electron chi connectivity index (χ0n) is 11.3. The molecule has 1 aromatic carbocycles. The van der Waals surface area contributed by atoms with Gasteiger partial charge in [0.2, 0.25) is 0 Å². The van der Waals surface area contributed by atoms with Crippen LogP contribution in [0.15, 0.2) is 48.7 Å². The summed E-state index contributed by atoms with van der Waals surface area (Å²) < 4.78 is 5.81. The number of anilines is 1. The van der Waals surface area contributed by atoms with Crippen LogP contribution in [0.2, 0.25) is 0 Å². The maximum absolute atomic E-state index is 5.81. The Kier molecular flexibility index (Phi) is 5.23. The highest BCUT2D eigenvalue weighted by molar-refractivity contribution is 5.33. The van der Waals surface area contributed by atoms with Crippen LogP contribution in [0.25, 0.3) is 0 Å². The summed E-state index contributed by atoms with van der Waals surface area (Å²) in [5, 5.41) is 3.27. The van der Waals surface area contributed by atoms with E-state index in [1.165, 1.54) is 5.56 Å². The van der Waals surface area contributed by atoms with Crippen LogP contribution in [0.4, 0.5) is 5.82 Å². The molecule has 0 amide bonds. The van der Waals surface area contributed by atoms with Crippen molar-refractivity contribution in [1.29, 1.82) is 0 Å². The molecular weight excluding hydrogens is 236 g/mol. The molecular formula is C16H20N2O. The molecule has 100 valence electrons. The van der Waals surface area contributed by atoms with Crippen LogP contribution >= 0.6 is 0 Å². The number of pyridine rings is 1. The maximum atomic E-state index is 5.81. The predicted molar refractivity (Wildman–Crippen MR) is 78.7 cm³/mol. The van der Waals surface area contributed by atoms with Gasteiger partial charge >= 0.3 is 0 Å². The molecule has 3 heteroatoms. The van der Waals surface area contributed by atoms with Gasteiger partial charge in [0.15, 0.2) is 0 Å². The Balaban J connectivity index is 1.69. The molecule has 0 unspecified atom stereocenters. The molecule has 2 rings (SSSR count). The fraction of sp³-hybridized carbons (Fsp3) is 0.312. The molecule has 3 nitrogen and oxygen atoms in total. The van der Waals surface area contributed by atoms with Gasteiger partial charge in [0.1, 0.15) is 11.6 Å². The average molecular weight is 256 g/mol. The number of aromatic nitrogens is 1. The number of nitrogens with one attached hydrogen (secondary N) is 1. The van der Waals surface area contributed by atoms with E-state index < -0.39 is 0 Å². The standard InChI is InChI=1S/C16H20N2O/c1-2-14-8-3-4-9-15(14)19-13-7-12-18-16-10-5-6-11-17-16/h3-6,8-11H,2,7,12-13H2,1H3,(H,17,18). The fourth-order valence-electron chi connectivity index (χ4n) is 1.87. The Bertz CT molecular complexity index is 485. The second-order valence-electron chi connectivity index (χ2n) is 4.31. The Morgan fingerprint density at radius 3 is 2.74 bits per heavy atom. The fourth-order valence-corrected chi connectivity index (χ4v) is 1.87. The topological polar surface area (TPSA) is 34.1 Å². The number of hydrogen-bond donors (Lipinski definition) is 1. The Labute approximate surface area is 114 Å². The smallest absolute Gasteiger partial charge is 0.125 e. The summed E-state index contributed by atoms with van der Waals surface area (Å²) >= 11 is 0. The SMILES string of the molecule is CCc1ccccc1OCCCNc1ccccn1. The summed E-state index contributed by atoms with van der Waals surface area (Å²) in [7, 11) is 0. The third-order valence-electron chi connectivity index (χ3n) is 2.90. The first-order valence-corrected chi connectivity index (χ1v) is 6.75. The molecule has 0 fully saturated rings. The molecule has 0 atom stereocenters. The van der Waals surface area contributed by atoms with Crippen LogP contribution in [-0.2, 0) is 6.42 Å². The predicted octanol–water partition coefficient (Wildman–Crippen LogP) is 3.53. The molecule has 1 N–H and O–H groups in total. The minimum absolute atomic E-state index is 0.719.